The summed E-state index contributed by atoms with van der Waals surface area (Å²) in [5.41, 5.74) is 5.69. The van der Waals surface area contributed by atoms with Crippen molar-refractivity contribution in [2.24, 2.45) is 5.92 Å². The summed E-state index contributed by atoms with van der Waals surface area (Å²) in [4.78, 5) is 39.8. The van der Waals surface area contributed by atoms with E-state index in [9.17, 15) is 18.8 Å². The minimum Gasteiger partial charge on any atom is -0.384 e. The van der Waals surface area contributed by atoms with Crippen LogP contribution in [0.15, 0.2) is 69.3 Å². The molecule has 0 aliphatic heterocycles. The number of carbonyl (C=O) groups is 1. The largest absolute Gasteiger partial charge is 0.384 e. The van der Waals surface area contributed by atoms with Crippen molar-refractivity contribution in [3.8, 4) is 17.1 Å². The van der Waals surface area contributed by atoms with Gasteiger partial charge in [0.05, 0.1) is 5.75 Å². The highest BCUT2D eigenvalue weighted by atomic mass is 32.2. The van der Waals surface area contributed by atoms with E-state index in [1.54, 1.807) is 16.7 Å². The molecule has 0 unspecified atom stereocenters. The zero-order chi connectivity index (χ0) is 25.1. The fraction of sp³-hybridized carbons (Fsp3) is 0.208. The summed E-state index contributed by atoms with van der Waals surface area (Å²) < 4.78 is 16.5. The number of anilines is 1. The molecule has 2 aromatic carbocycles. The Labute approximate surface area is 203 Å². The number of nitrogen functional groups attached to an aromatic ring is 1. The molecule has 2 heterocycles. The maximum atomic E-state index is 13.6. The fourth-order valence-corrected chi connectivity index (χ4v) is 4.39. The van der Waals surface area contributed by atoms with Gasteiger partial charge in [0.1, 0.15) is 17.2 Å². The van der Waals surface area contributed by atoms with Gasteiger partial charge in [0.15, 0.2) is 16.8 Å². The summed E-state index contributed by atoms with van der Waals surface area (Å²) in [6.45, 7) is 4.04. The molecule has 0 saturated carbocycles. The number of hydrogen-bond acceptors (Lipinski definition) is 7. The lowest BCUT2D eigenvalue weighted by Gasteiger charge is -2.14. The highest BCUT2D eigenvalue weighted by Crippen LogP contribution is 2.28. The number of rotatable bonds is 8. The van der Waals surface area contributed by atoms with Crippen LogP contribution in [0, 0.1) is 11.7 Å². The van der Waals surface area contributed by atoms with Crippen molar-refractivity contribution in [1.82, 2.24) is 24.3 Å². The molecular weight excluding hydrogens is 471 g/mol. The summed E-state index contributed by atoms with van der Waals surface area (Å²) in [6, 6.07) is 15.1. The van der Waals surface area contributed by atoms with Gasteiger partial charge < -0.3 is 5.73 Å². The van der Waals surface area contributed by atoms with Gasteiger partial charge >= 0.3 is 5.69 Å². The van der Waals surface area contributed by atoms with Gasteiger partial charge in [0.25, 0.3) is 5.56 Å². The van der Waals surface area contributed by atoms with Crippen molar-refractivity contribution in [2.45, 2.75) is 25.5 Å². The molecule has 0 radical (unpaired) electrons. The Kier molecular flexibility index (Phi) is 6.97. The van der Waals surface area contributed by atoms with Crippen LogP contribution >= 0.6 is 11.8 Å². The number of nitrogens with two attached hydrogens (primary N) is 1. The van der Waals surface area contributed by atoms with Crippen molar-refractivity contribution in [2.75, 3.05) is 11.5 Å². The average Bonchev–Trinajstić information content (AvgIpc) is 3.25. The minimum atomic E-state index is -0.830. The first-order valence-electron chi connectivity index (χ1n) is 10.8. The van der Waals surface area contributed by atoms with Crippen LogP contribution in [0.2, 0.25) is 0 Å². The van der Waals surface area contributed by atoms with E-state index < -0.39 is 22.8 Å². The molecule has 0 spiro atoms. The van der Waals surface area contributed by atoms with E-state index in [2.05, 4.69) is 15.2 Å². The number of nitrogens with zero attached hydrogens (tertiary/aromatic N) is 4. The summed E-state index contributed by atoms with van der Waals surface area (Å²) in [6.07, 6.45) is 0. The molecule has 180 valence electrons. The Morgan fingerprint density at radius 2 is 1.77 bits per heavy atom. The Balaban J connectivity index is 1.69. The smallest absolute Gasteiger partial charge is 0.329 e. The Bertz CT molecular complexity index is 1480. The third-order valence-electron chi connectivity index (χ3n) is 5.15. The number of halogens is 1. The normalized spacial score (nSPS) is 11.2. The molecule has 0 atom stereocenters. The minimum absolute atomic E-state index is 0.0731. The molecule has 11 heteroatoms. The van der Waals surface area contributed by atoms with Crippen LogP contribution in [0.4, 0.5) is 10.2 Å². The van der Waals surface area contributed by atoms with Crippen LogP contribution in [0.25, 0.3) is 17.1 Å². The number of aromatic amines is 1. The molecule has 0 aliphatic rings. The van der Waals surface area contributed by atoms with Crippen LogP contribution < -0.4 is 17.0 Å². The predicted octanol–water partition coefficient (Wildman–Crippen LogP) is 3.14. The van der Waals surface area contributed by atoms with E-state index in [-0.39, 0.29) is 29.6 Å². The number of H-pyrrole nitrogens is 1. The number of thioether (sulfide) groups is 1. The highest BCUT2D eigenvalue weighted by molar-refractivity contribution is 7.99. The number of Topliss-reactive ketones (excluding diaryl/α,β-unsaturated/α-hetero) is 1. The number of carbonyl (C=O) groups excluding carboxylic acids is 1. The molecule has 2 aromatic heterocycles. The molecule has 9 nitrogen and oxygen atoms in total. The predicted molar refractivity (Wildman–Crippen MR) is 132 cm³/mol. The summed E-state index contributed by atoms with van der Waals surface area (Å²) >= 11 is 1.06. The zero-order valence-corrected chi connectivity index (χ0v) is 19.9. The van der Waals surface area contributed by atoms with Crippen LogP contribution in [0.5, 0.6) is 0 Å². The Morgan fingerprint density at radius 3 is 2.43 bits per heavy atom. The highest BCUT2D eigenvalue weighted by Gasteiger charge is 2.22. The van der Waals surface area contributed by atoms with E-state index >= 15 is 0 Å². The molecule has 4 rings (SSSR count). The van der Waals surface area contributed by atoms with Gasteiger partial charge in [-0.25, -0.2) is 9.18 Å². The topological polar surface area (TPSA) is 129 Å². The molecule has 0 saturated heterocycles. The van der Waals surface area contributed by atoms with Crippen molar-refractivity contribution >= 4 is 23.4 Å². The average molecular weight is 495 g/mol. The molecule has 3 N–H and O–H groups in total. The second-order valence-electron chi connectivity index (χ2n) is 8.22. The van der Waals surface area contributed by atoms with Gasteiger partial charge in [-0.05, 0) is 30.2 Å². The van der Waals surface area contributed by atoms with E-state index in [0.29, 0.717) is 16.7 Å². The second kappa shape index (κ2) is 10.1. The number of ketones is 1. The monoisotopic (exact) mass is 494 g/mol. The maximum Gasteiger partial charge on any atom is 0.329 e. The van der Waals surface area contributed by atoms with Crippen LogP contribution in [-0.2, 0) is 6.54 Å². The van der Waals surface area contributed by atoms with E-state index in [1.165, 1.54) is 16.7 Å². The number of aromatic nitrogens is 5. The van der Waals surface area contributed by atoms with Crippen LogP contribution in [0.1, 0.15) is 24.2 Å². The van der Waals surface area contributed by atoms with Gasteiger partial charge in [0, 0.05) is 17.8 Å². The third kappa shape index (κ3) is 5.09. The molecular formula is C24H23FN6O3S. The molecule has 0 amide bonds. The van der Waals surface area contributed by atoms with Crippen LogP contribution in [-0.4, -0.2) is 35.9 Å². The van der Waals surface area contributed by atoms with Gasteiger partial charge in [-0.1, -0.05) is 55.9 Å². The van der Waals surface area contributed by atoms with Crippen molar-refractivity contribution in [3.63, 3.8) is 0 Å². The van der Waals surface area contributed by atoms with Crippen molar-refractivity contribution in [1.29, 1.82) is 0 Å². The summed E-state index contributed by atoms with van der Waals surface area (Å²) in [5.74, 6) is -0.705. The van der Waals surface area contributed by atoms with Gasteiger partial charge in [0.2, 0.25) is 0 Å². The summed E-state index contributed by atoms with van der Waals surface area (Å²) in [5, 5.41) is 8.88. The lowest BCUT2D eigenvalue weighted by atomic mass is 10.2. The standard InChI is InChI=1S/C24H23FN6O3S/c1-14(2)12-30-20(26)19(22(33)27-23(30)34)18(32)13-35-24-29-28-21(15-6-4-3-5-7-15)31(24)17-10-8-16(25)9-11-17/h3-11,14H,12-13,26H2,1-2H3,(H,27,33,34). The third-order valence-corrected chi connectivity index (χ3v) is 6.08. The van der Waals surface area contributed by atoms with Gasteiger partial charge in [-0.15, -0.1) is 10.2 Å². The molecule has 0 bridgehead atoms. The van der Waals surface area contributed by atoms with Gasteiger partial charge in [-0.2, -0.15) is 0 Å². The van der Waals surface area contributed by atoms with Crippen molar-refractivity contribution in [3.05, 3.63) is 86.8 Å². The first kappa shape index (κ1) is 24.1. The Hall–Kier alpha value is -3.99. The first-order valence-corrected chi connectivity index (χ1v) is 11.8. The van der Waals surface area contributed by atoms with Crippen LogP contribution in [0.3, 0.4) is 0 Å². The SMILES string of the molecule is CC(C)Cn1c(N)c(C(=O)CSc2nnc(-c3ccccc3)n2-c2ccc(F)cc2)c(=O)[nH]c1=O. The fourth-order valence-electron chi connectivity index (χ4n) is 3.57. The number of hydrogen-bond donors (Lipinski definition) is 2. The maximum absolute atomic E-state index is 13.6. The second-order valence-corrected chi connectivity index (χ2v) is 9.16. The number of nitrogens with one attached hydrogen (secondary N) is 1. The lowest BCUT2D eigenvalue weighted by Crippen LogP contribution is -2.37. The molecule has 0 aliphatic carbocycles. The number of benzene rings is 2. The lowest BCUT2D eigenvalue weighted by molar-refractivity contribution is 0.102. The van der Waals surface area contributed by atoms with E-state index in [0.717, 1.165) is 17.3 Å². The Morgan fingerprint density at radius 1 is 1.09 bits per heavy atom. The van der Waals surface area contributed by atoms with Crippen molar-refractivity contribution < 1.29 is 9.18 Å². The van der Waals surface area contributed by atoms with E-state index in [1.807, 2.05) is 44.2 Å². The quantitative estimate of drug-likeness (QED) is 0.284. The van der Waals surface area contributed by atoms with Gasteiger partial charge in [-0.3, -0.25) is 23.7 Å². The first-order chi connectivity index (χ1) is 16.8. The zero-order valence-electron chi connectivity index (χ0n) is 19.1. The van der Waals surface area contributed by atoms with E-state index in [4.69, 9.17) is 5.73 Å². The summed E-state index contributed by atoms with van der Waals surface area (Å²) in [7, 11) is 0. The molecule has 35 heavy (non-hydrogen) atoms. The molecule has 4 aromatic rings. The molecule has 0 fully saturated rings.